The Morgan fingerprint density at radius 1 is 1.25 bits per heavy atom. The van der Waals surface area contributed by atoms with Gasteiger partial charge in [0.2, 0.25) is 0 Å². The van der Waals surface area contributed by atoms with Gasteiger partial charge in [-0.3, -0.25) is 4.99 Å². The summed E-state index contributed by atoms with van der Waals surface area (Å²) in [6.07, 6.45) is 6.83. The minimum Gasteiger partial charge on any atom is -0.370 e. The molecule has 0 aromatic rings. The van der Waals surface area contributed by atoms with E-state index >= 15 is 0 Å². The van der Waals surface area contributed by atoms with Crippen LogP contribution in [-0.2, 0) is 0 Å². The molecule has 0 radical (unpaired) electrons. The molecular weight excluding hydrogens is 198 g/mol. The summed E-state index contributed by atoms with van der Waals surface area (Å²) < 4.78 is 0. The van der Waals surface area contributed by atoms with Crippen LogP contribution in [0.25, 0.3) is 0 Å². The van der Waals surface area contributed by atoms with Crippen LogP contribution in [0.5, 0.6) is 0 Å². The second kappa shape index (κ2) is 6.77. The Bertz CT molecular complexity index is 217. The Balaban J connectivity index is 2.31. The lowest BCUT2D eigenvalue weighted by Gasteiger charge is -2.28. The van der Waals surface area contributed by atoms with E-state index in [2.05, 4.69) is 31.1 Å². The molecule has 16 heavy (non-hydrogen) atoms. The van der Waals surface area contributed by atoms with E-state index < -0.39 is 0 Å². The SMILES string of the molecule is CC(C)CN=C(N)NC(C)C1CCCCC1. The summed E-state index contributed by atoms with van der Waals surface area (Å²) >= 11 is 0. The Morgan fingerprint density at radius 3 is 2.44 bits per heavy atom. The summed E-state index contributed by atoms with van der Waals surface area (Å²) in [6, 6.07) is 0.469. The van der Waals surface area contributed by atoms with Gasteiger partial charge >= 0.3 is 0 Å². The molecule has 3 nitrogen and oxygen atoms in total. The smallest absolute Gasteiger partial charge is 0.188 e. The fourth-order valence-electron chi connectivity index (χ4n) is 2.31. The first kappa shape index (κ1) is 13.3. The first-order chi connectivity index (χ1) is 7.59. The predicted molar refractivity (Wildman–Crippen MR) is 70.5 cm³/mol. The number of nitrogens with two attached hydrogens (primary N) is 1. The van der Waals surface area contributed by atoms with E-state index in [4.69, 9.17) is 5.73 Å². The van der Waals surface area contributed by atoms with Crippen molar-refractivity contribution < 1.29 is 0 Å². The number of aliphatic imine (C=N–C) groups is 1. The van der Waals surface area contributed by atoms with Gasteiger partial charge in [-0.05, 0) is 31.6 Å². The normalized spacial score (nSPS) is 21.1. The molecule has 0 spiro atoms. The van der Waals surface area contributed by atoms with E-state index in [1.54, 1.807) is 0 Å². The second-order valence-electron chi connectivity index (χ2n) is 5.45. The molecule has 1 aliphatic carbocycles. The zero-order chi connectivity index (χ0) is 12.0. The summed E-state index contributed by atoms with van der Waals surface area (Å²) in [5.41, 5.74) is 5.87. The quantitative estimate of drug-likeness (QED) is 0.570. The van der Waals surface area contributed by atoms with E-state index in [9.17, 15) is 0 Å². The molecule has 1 unspecified atom stereocenters. The zero-order valence-electron chi connectivity index (χ0n) is 11.0. The van der Waals surface area contributed by atoms with E-state index in [1.807, 2.05) is 0 Å². The van der Waals surface area contributed by atoms with Gasteiger partial charge in [0, 0.05) is 12.6 Å². The van der Waals surface area contributed by atoms with Gasteiger partial charge in [-0.1, -0.05) is 33.1 Å². The fraction of sp³-hybridized carbons (Fsp3) is 0.923. The maximum Gasteiger partial charge on any atom is 0.188 e. The van der Waals surface area contributed by atoms with Crippen molar-refractivity contribution in [3.05, 3.63) is 0 Å². The highest BCUT2D eigenvalue weighted by Crippen LogP contribution is 2.26. The average Bonchev–Trinajstić information content (AvgIpc) is 2.27. The third-order valence-electron chi connectivity index (χ3n) is 3.36. The second-order valence-corrected chi connectivity index (χ2v) is 5.45. The number of hydrogen-bond donors (Lipinski definition) is 2. The average molecular weight is 225 g/mol. The number of hydrogen-bond acceptors (Lipinski definition) is 1. The highest BCUT2D eigenvalue weighted by Gasteiger charge is 2.19. The summed E-state index contributed by atoms with van der Waals surface area (Å²) in [6.45, 7) is 7.35. The number of guanidine groups is 1. The molecule has 3 heteroatoms. The van der Waals surface area contributed by atoms with Crippen LogP contribution in [0.15, 0.2) is 4.99 Å². The lowest BCUT2D eigenvalue weighted by Crippen LogP contribution is -2.43. The lowest BCUT2D eigenvalue weighted by molar-refractivity contribution is 0.301. The standard InChI is InChI=1S/C13H27N3/c1-10(2)9-15-13(14)16-11(3)12-7-5-4-6-8-12/h10-12H,4-9H2,1-3H3,(H3,14,15,16). The predicted octanol–water partition coefficient (Wildman–Crippen LogP) is 2.52. The van der Waals surface area contributed by atoms with Crippen LogP contribution in [-0.4, -0.2) is 18.5 Å². The van der Waals surface area contributed by atoms with Crippen LogP contribution in [0.1, 0.15) is 52.9 Å². The van der Waals surface area contributed by atoms with E-state index in [0.717, 1.165) is 12.5 Å². The molecule has 1 saturated carbocycles. The number of rotatable bonds is 4. The van der Waals surface area contributed by atoms with Gasteiger partial charge in [-0.2, -0.15) is 0 Å². The first-order valence-electron chi connectivity index (χ1n) is 6.66. The summed E-state index contributed by atoms with van der Waals surface area (Å²) in [5, 5.41) is 3.33. The molecule has 1 atom stereocenters. The first-order valence-corrected chi connectivity index (χ1v) is 6.66. The largest absolute Gasteiger partial charge is 0.370 e. The molecule has 0 amide bonds. The zero-order valence-corrected chi connectivity index (χ0v) is 11.0. The van der Waals surface area contributed by atoms with Gasteiger partial charge in [0.1, 0.15) is 0 Å². The summed E-state index contributed by atoms with van der Waals surface area (Å²) in [5.74, 6) is 1.97. The molecule has 94 valence electrons. The number of nitrogens with zero attached hydrogens (tertiary/aromatic N) is 1. The fourth-order valence-corrected chi connectivity index (χ4v) is 2.31. The van der Waals surface area contributed by atoms with Crippen LogP contribution in [0.2, 0.25) is 0 Å². The van der Waals surface area contributed by atoms with Gasteiger partial charge in [-0.25, -0.2) is 0 Å². The molecule has 0 aromatic carbocycles. The molecule has 0 heterocycles. The van der Waals surface area contributed by atoms with Crippen molar-refractivity contribution in [3.8, 4) is 0 Å². The van der Waals surface area contributed by atoms with Gasteiger partial charge < -0.3 is 11.1 Å². The summed E-state index contributed by atoms with van der Waals surface area (Å²) in [7, 11) is 0. The van der Waals surface area contributed by atoms with E-state index in [0.29, 0.717) is 17.9 Å². The third-order valence-corrected chi connectivity index (χ3v) is 3.36. The molecule has 0 aliphatic heterocycles. The molecule has 0 bridgehead atoms. The van der Waals surface area contributed by atoms with Gasteiger partial charge in [0.05, 0.1) is 0 Å². The van der Waals surface area contributed by atoms with Crippen molar-refractivity contribution in [2.45, 2.75) is 58.9 Å². The number of nitrogens with one attached hydrogen (secondary N) is 1. The maximum absolute atomic E-state index is 5.87. The molecule has 0 aromatic heterocycles. The van der Waals surface area contributed by atoms with Crippen LogP contribution in [0.3, 0.4) is 0 Å². The van der Waals surface area contributed by atoms with Crippen molar-refractivity contribution in [2.75, 3.05) is 6.54 Å². The van der Waals surface area contributed by atoms with Gasteiger partial charge in [0.15, 0.2) is 5.96 Å². The van der Waals surface area contributed by atoms with Crippen molar-refractivity contribution in [3.63, 3.8) is 0 Å². The van der Waals surface area contributed by atoms with Gasteiger partial charge in [0.25, 0.3) is 0 Å². The Morgan fingerprint density at radius 2 is 1.88 bits per heavy atom. The molecule has 1 aliphatic rings. The van der Waals surface area contributed by atoms with Crippen molar-refractivity contribution in [2.24, 2.45) is 22.6 Å². The highest BCUT2D eigenvalue weighted by molar-refractivity contribution is 5.78. The maximum atomic E-state index is 5.87. The minimum atomic E-state index is 0.469. The lowest BCUT2D eigenvalue weighted by atomic mass is 9.85. The molecule has 1 rings (SSSR count). The molecular formula is C13H27N3. The van der Waals surface area contributed by atoms with Crippen molar-refractivity contribution in [1.82, 2.24) is 5.32 Å². The van der Waals surface area contributed by atoms with Crippen LogP contribution in [0.4, 0.5) is 0 Å². The van der Waals surface area contributed by atoms with Crippen molar-refractivity contribution >= 4 is 5.96 Å². The topological polar surface area (TPSA) is 50.4 Å². The van der Waals surface area contributed by atoms with Gasteiger partial charge in [-0.15, -0.1) is 0 Å². The Kier molecular flexibility index (Phi) is 5.64. The monoisotopic (exact) mass is 225 g/mol. The third kappa shape index (κ3) is 4.86. The van der Waals surface area contributed by atoms with Crippen LogP contribution >= 0.6 is 0 Å². The van der Waals surface area contributed by atoms with Crippen molar-refractivity contribution in [1.29, 1.82) is 0 Å². The summed E-state index contributed by atoms with van der Waals surface area (Å²) in [4.78, 5) is 4.34. The Hall–Kier alpha value is -0.730. The molecule has 0 saturated heterocycles. The molecule has 1 fully saturated rings. The van der Waals surface area contributed by atoms with Crippen LogP contribution < -0.4 is 11.1 Å². The van der Waals surface area contributed by atoms with E-state index in [-0.39, 0.29) is 0 Å². The van der Waals surface area contributed by atoms with E-state index in [1.165, 1.54) is 32.1 Å². The van der Waals surface area contributed by atoms with Crippen LogP contribution in [0, 0.1) is 11.8 Å². The molecule has 3 N–H and O–H groups in total. The minimum absolute atomic E-state index is 0.469. The highest BCUT2D eigenvalue weighted by atomic mass is 15.1. The Labute approximate surface area is 99.9 Å².